The minimum atomic E-state index is -0.549. The van der Waals surface area contributed by atoms with E-state index in [4.69, 9.17) is 4.74 Å². The van der Waals surface area contributed by atoms with Crippen molar-refractivity contribution in [1.82, 2.24) is 9.13 Å². The number of ether oxygens (including phenoxy) is 1. The zero-order chi connectivity index (χ0) is 19.2. The molecule has 1 saturated heterocycles. The van der Waals surface area contributed by atoms with Crippen LogP contribution in [0.4, 0.5) is 0 Å². The quantitative estimate of drug-likeness (QED) is 0.840. The molecule has 2 fully saturated rings. The van der Waals surface area contributed by atoms with Gasteiger partial charge in [-0.25, -0.2) is 4.79 Å². The fraction of sp³-hybridized carbons (Fsp3) is 0.789. The van der Waals surface area contributed by atoms with Gasteiger partial charge in [0, 0.05) is 13.1 Å². The Hall–Kier alpha value is -1.50. The zero-order valence-electron chi connectivity index (χ0n) is 16.5. The Balaban J connectivity index is 1.95. The number of fused-ring (bicyclic) bond motifs is 1. The minimum Gasteiger partial charge on any atom is -0.494 e. The molecular weight excluding hydrogens is 331 g/mol. The highest BCUT2D eigenvalue weighted by Crippen LogP contribution is 2.48. The summed E-state index contributed by atoms with van der Waals surface area (Å²) in [5.74, 6) is 0.635. The molecule has 1 saturated carbocycles. The molecule has 0 spiro atoms. The second-order valence-corrected chi connectivity index (χ2v) is 8.64. The normalized spacial score (nSPS) is 28.7. The van der Waals surface area contributed by atoms with E-state index in [1.807, 2.05) is 0 Å². The summed E-state index contributed by atoms with van der Waals surface area (Å²) in [5.41, 5.74) is -0.467. The summed E-state index contributed by atoms with van der Waals surface area (Å²) >= 11 is 0. The molecule has 2 aliphatic rings. The van der Waals surface area contributed by atoms with Crippen LogP contribution in [0.1, 0.15) is 65.4 Å². The van der Waals surface area contributed by atoms with Crippen LogP contribution in [-0.4, -0.2) is 27.6 Å². The molecule has 1 aliphatic carbocycles. The van der Waals surface area contributed by atoms with E-state index >= 15 is 0 Å². The van der Waals surface area contributed by atoms with Crippen LogP contribution in [0.5, 0.6) is 5.88 Å². The zero-order valence-corrected chi connectivity index (χ0v) is 16.5. The first-order chi connectivity index (χ1) is 12.2. The van der Waals surface area contributed by atoms with E-state index in [1.54, 1.807) is 13.8 Å². The Bertz CT molecular complexity index is 792. The van der Waals surface area contributed by atoms with Gasteiger partial charge in [0.15, 0.2) is 7.28 Å². The van der Waals surface area contributed by atoms with Crippen molar-refractivity contribution >= 4 is 7.28 Å². The van der Waals surface area contributed by atoms with Crippen molar-refractivity contribution in [1.29, 1.82) is 0 Å². The lowest BCUT2D eigenvalue weighted by Crippen LogP contribution is -2.42. The molecule has 7 heteroatoms. The molecule has 26 heavy (non-hydrogen) atoms. The minimum absolute atomic E-state index is 0.0776. The molecule has 1 aliphatic heterocycles. The molecule has 1 aromatic heterocycles. The third-order valence-electron chi connectivity index (χ3n) is 6.16. The van der Waals surface area contributed by atoms with E-state index in [2.05, 4.69) is 28.1 Å². The van der Waals surface area contributed by atoms with Gasteiger partial charge in [-0.3, -0.25) is 13.9 Å². The Morgan fingerprint density at radius 2 is 1.81 bits per heavy atom. The average molecular weight is 361 g/mol. The number of hydrogen-bond donors (Lipinski definition) is 1. The topological polar surface area (TPSA) is 73.5 Å². The van der Waals surface area contributed by atoms with Crippen LogP contribution < -0.4 is 11.2 Å². The molecular formula is C19H30BN2O4. The van der Waals surface area contributed by atoms with Gasteiger partial charge in [-0.15, -0.1) is 0 Å². The molecule has 1 radical (unpaired) electrons. The predicted molar refractivity (Wildman–Crippen MR) is 102 cm³/mol. The van der Waals surface area contributed by atoms with Crippen molar-refractivity contribution in [2.75, 3.05) is 0 Å². The second kappa shape index (κ2) is 6.91. The van der Waals surface area contributed by atoms with E-state index < -0.39 is 17.3 Å². The number of hydrogen-bond acceptors (Lipinski definition) is 4. The lowest BCUT2D eigenvalue weighted by molar-refractivity contribution is -0.00154. The molecule has 0 bridgehead atoms. The van der Waals surface area contributed by atoms with Crippen molar-refractivity contribution in [2.24, 2.45) is 11.3 Å². The van der Waals surface area contributed by atoms with Gasteiger partial charge in [0.25, 0.3) is 5.56 Å². The standard InChI is InChI=1S/C19H30BN2O4/c1-6-21-16(23)14(17(24)22(7-2)18(21)25)15-20-12-9-8-11(19(3,4)5)10-13(12)26-15/h11-13,15,23H,6-10H2,1-5H3. The fourth-order valence-electron chi connectivity index (χ4n) is 4.46. The van der Waals surface area contributed by atoms with Crippen LogP contribution in [0.15, 0.2) is 9.59 Å². The summed E-state index contributed by atoms with van der Waals surface area (Å²) in [6.07, 6.45) is 3.24. The first-order valence-electron chi connectivity index (χ1n) is 9.75. The molecule has 6 nitrogen and oxygen atoms in total. The maximum absolute atomic E-state index is 12.8. The monoisotopic (exact) mass is 361 g/mol. The van der Waals surface area contributed by atoms with Crippen molar-refractivity contribution in [3.05, 3.63) is 26.4 Å². The molecule has 143 valence electrons. The fourth-order valence-corrected chi connectivity index (χ4v) is 4.46. The number of rotatable bonds is 3. The maximum atomic E-state index is 12.8. The SMILES string of the molecule is CCn1c(O)c(C2[B]C3CCC(C(C)(C)C)CC3O2)c(=O)n(CC)c1=O. The molecule has 0 amide bonds. The summed E-state index contributed by atoms with van der Waals surface area (Å²) in [5, 5.41) is 10.6. The van der Waals surface area contributed by atoms with Gasteiger partial charge in [0.2, 0.25) is 5.88 Å². The highest BCUT2D eigenvalue weighted by Gasteiger charge is 2.45. The average Bonchev–Trinajstić information content (AvgIpc) is 2.97. The summed E-state index contributed by atoms with van der Waals surface area (Å²) < 4.78 is 8.66. The van der Waals surface area contributed by atoms with Crippen LogP contribution in [0.2, 0.25) is 5.82 Å². The van der Waals surface area contributed by atoms with Gasteiger partial charge in [0.05, 0.1) is 17.7 Å². The lowest BCUT2D eigenvalue weighted by atomic mass is 9.53. The summed E-state index contributed by atoms with van der Waals surface area (Å²) in [6, 6.07) is -0.549. The Kier molecular flexibility index (Phi) is 5.12. The molecule has 0 aromatic carbocycles. The van der Waals surface area contributed by atoms with Crippen LogP contribution >= 0.6 is 0 Å². The molecule has 2 heterocycles. The van der Waals surface area contributed by atoms with Crippen molar-refractivity contribution in [3.63, 3.8) is 0 Å². The first-order valence-corrected chi connectivity index (χ1v) is 9.75. The highest BCUT2D eigenvalue weighted by molar-refractivity contribution is 6.40. The third kappa shape index (κ3) is 3.15. The predicted octanol–water partition coefficient (Wildman–Crippen LogP) is 2.49. The molecule has 4 unspecified atom stereocenters. The van der Waals surface area contributed by atoms with Gasteiger partial charge >= 0.3 is 5.69 Å². The largest absolute Gasteiger partial charge is 0.494 e. The van der Waals surface area contributed by atoms with E-state index in [9.17, 15) is 14.7 Å². The van der Waals surface area contributed by atoms with Gasteiger partial charge in [0.1, 0.15) is 0 Å². The van der Waals surface area contributed by atoms with Crippen molar-refractivity contribution < 1.29 is 9.84 Å². The van der Waals surface area contributed by atoms with Gasteiger partial charge < -0.3 is 9.84 Å². The smallest absolute Gasteiger partial charge is 0.333 e. The number of aromatic nitrogens is 2. The molecule has 4 atom stereocenters. The molecule has 1 aromatic rings. The van der Waals surface area contributed by atoms with E-state index in [0.717, 1.165) is 19.3 Å². The lowest BCUT2D eigenvalue weighted by Gasteiger charge is -2.38. The van der Waals surface area contributed by atoms with Crippen LogP contribution in [0.3, 0.4) is 0 Å². The van der Waals surface area contributed by atoms with Gasteiger partial charge in [-0.1, -0.05) is 33.6 Å². The summed E-state index contributed by atoms with van der Waals surface area (Å²) in [4.78, 5) is 25.2. The van der Waals surface area contributed by atoms with Crippen molar-refractivity contribution in [3.8, 4) is 5.88 Å². The number of aromatic hydroxyl groups is 1. The van der Waals surface area contributed by atoms with E-state index in [1.165, 1.54) is 9.13 Å². The van der Waals surface area contributed by atoms with Gasteiger partial charge in [-0.05, 0) is 37.4 Å². The second-order valence-electron chi connectivity index (χ2n) is 8.64. The highest BCUT2D eigenvalue weighted by atomic mass is 16.5. The maximum Gasteiger partial charge on any atom is 0.333 e. The van der Waals surface area contributed by atoms with Crippen LogP contribution in [0.25, 0.3) is 0 Å². The summed E-state index contributed by atoms with van der Waals surface area (Å²) in [7, 11) is 2.06. The third-order valence-corrected chi connectivity index (χ3v) is 6.16. The molecule has 3 rings (SSSR count). The Morgan fingerprint density at radius 1 is 1.15 bits per heavy atom. The number of nitrogens with zero attached hydrogens (tertiary/aromatic N) is 2. The Morgan fingerprint density at radius 3 is 2.38 bits per heavy atom. The van der Waals surface area contributed by atoms with Crippen LogP contribution in [0, 0.1) is 11.3 Å². The van der Waals surface area contributed by atoms with E-state index in [-0.39, 0.29) is 29.5 Å². The van der Waals surface area contributed by atoms with Crippen LogP contribution in [-0.2, 0) is 17.8 Å². The first kappa shape index (κ1) is 19.3. The van der Waals surface area contributed by atoms with E-state index in [0.29, 0.717) is 18.3 Å². The van der Waals surface area contributed by atoms with Crippen molar-refractivity contribution in [2.45, 2.75) is 84.9 Å². The Labute approximate surface area is 155 Å². The van der Waals surface area contributed by atoms with Gasteiger partial charge in [-0.2, -0.15) is 0 Å². The summed E-state index contributed by atoms with van der Waals surface area (Å²) in [6.45, 7) is 10.9. The molecule has 1 N–H and O–H groups in total.